The molecule has 0 atom stereocenters. The second-order valence-corrected chi connectivity index (χ2v) is 7.60. The molecule has 0 spiro atoms. The van der Waals surface area contributed by atoms with Crippen LogP contribution in [0.3, 0.4) is 0 Å². The average Bonchev–Trinajstić information content (AvgIpc) is 2.56. The fourth-order valence-electron chi connectivity index (χ4n) is 2.14. The minimum absolute atomic E-state index is 0.118. The number of hydrogen-bond donors (Lipinski definition) is 1. The molecule has 134 valence electrons. The zero-order valence-electron chi connectivity index (χ0n) is 14.0. The number of carbonyl (C=O) groups excluding carboxylic acids is 1. The Balaban J connectivity index is 2.31. The van der Waals surface area contributed by atoms with Gasteiger partial charge in [0.2, 0.25) is 0 Å². The number of benzene rings is 2. The first kappa shape index (κ1) is 19.1. The third kappa shape index (κ3) is 4.64. The first-order valence-corrected chi connectivity index (χ1v) is 9.65. The molecule has 8 heteroatoms. The number of carbonyl (C=O) groups is 1. The van der Waals surface area contributed by atoms with E-state index in [1.165, 1.54) is 31.4 Å². The van der Waals surface area contributed by atoms with Crippen LogP contribution in [0.15, 0.2) is 41.3 Å². The van der Waals surface area contributed by atoms with Gasteiger partial charge in [0, 0.05) is 17.5 Å². The third-order valence-electron chi connectivity index (χ3n) is 3.30. The quantitative estimate of drug-likeness (QED) is 0.826. The highest BCUT2D eigenvalue weighted by Crippen LogP contribution is 2.36. The molecule has 0 fully saturated rings. The minimum atomic E-state index is -3.36. The molecule has 0 aliphatic heterocycles. The Bertz CT molecular complexity index is 896. The Morgan fingerprint density at radius 3 is 2.56 bits per heavy atom. The third-order valence-corrected chi connectivity index (χ3v) is 4.69. The van der Waals surface area contributed by atoms with Crippen molar-refractivity contribution in [3.8, 4) is 11.5 Å². The molecule has 0 aliphatic rings. The zero-order valence-corrected chi connectivity index (χ0v) is 15.6. The second-order valence-electron chi connectivity index (χ2n) is 5.18. The van der Waals surface area contributed by atoms with Crippen molar-refractivity contribution in [2.45, 2.75) is 11.8 Å². The van der Waals surface area contributed by atoms with Crippen molar-refractivity contribution in [1.29, 1.82) is 0 Å². The van der Waals surface area contributed by atoms with E-state index in [-0.39, 0.29) is 15.5 Å². The molecule has 0 aromatic heterocycles. The molecule has 1 amide bonds. The van der Waals surface area contributed by atoms with Gasteiger partial charge in [-0.2, -0.15) is 0 Å². The van der Waals surface area contributed by atoms with Crippen LogP contribution in [0.5, 0.6) is 11.5 Å². The number of rotatable bonds is 6. The maximum atomic E-state index is 12.4. The molecule has 6 nitrogen and oxygen atoms in total. The lowest BCUT2D eigenvalue weighted by Crippen LogP contribution is -2.13. The SMILES string of the molecule is CCOc1c(Cl)cc(C(=O)Nc2cccc(S(C)(=O)=O)c2)cc1OC. The fraction of sp³-hybridized carbons (Fsp3) is 0.235. The Labute approximate surface area is 151 Å². The fourth-order valence-corrected chi connectivity index (χ4v) is 3.08. The van der Waals surface area contributed by atoms with Crippen molar-refractivity contribution < 1.29 is 22.7 Å². The van der Waals surface area contributed by atoms with Gasteiger partial charge < -0.3 is 14.8 Å². The Hall–Kier alpha value is -2.25. The highest BCUT2D eigenvalue weighted by atomic mass is 35.5. The van der Waals surface area contributed by atoms with Gasteiger partial charge in [0.15, 0.2) is 21.3 Å². The van der Waals surface area contributed by atoms with Crippen molar-refractivity contribution in [2.24, 2.45) is 0 Å². The number of methoxy groups -OCH3 is 1. The van der Waals surface area contributed by atoms with Crippen molar-refractivity contribution in [3.05, 3.63) is 47.0 Å². The molecule has 2 aromatic carbocycles. The summed E-state index contributed by atoms with van der Waals surface area (Å²) in [6.07, 6.45) is 1.10. The number of nitrogens with one attached hydrogen (secondary N) is 1. The number of halogens is 1. The number of ether oxygens (including phenoxy) is 2. The van der Waals surface area contributed by atoms with E-state index in [2.05, 4.69) is 5.32 Å². The van der Waals surface area contributed by atoms with Gasteiger partial charge in [-0.25, -0.2) is 8.42 Å². The van der Waals surface area contributed by atoms with Crippen LogP contribution in [0.25, 0.3) is 0 Å². The van der Waals surface area contributed by atoms with Gasteiger partial charge in [0.25, 0.3) is 5.91 Å². The molecule has 1 N–H and O–H groups in total. The summed E-state index contributed by atoms with van der Waals surface area (Å²) >= 11 is 6.16. The summed E-state index contributed by atoms with van der Waals surface area (Å²) < 4.78 is 33.8. The van der Waals surface area contributed by atoms with E-state index in [1.54, 1.807) is 12.1 Å². The van der Waals surface area contributed by atoms with Crippen molar-refractivity contribution in [1.82, 2.24) is 0 Å². The Morgan fingerprint density at radius 2 is 1.96 bits per heavy atom. The monoisotopic (exact) mass is 383 g/mol. The lowest BCUT2D eigenvalue weighted by molar-refractivity contribution is 0.102. The zero-order chi connectivity index (χ0) is 18.6. The summed E-state index contributed by atoms with van der Waals surface area (Å²) in [6, 6.07) is 8.97. The second kappa shape index (κ2) is 7.76. The summed E-state index contributed by atoms with van der Waals surface area (Å²) in [5.74, 6) is 0.251. The van der Waals surface area contributed by atoms with Gasteiger partial charge >= 0.3 is 0 Å². The first-order chi connectivity index (χ1) is 11.8. The molecule has 0 heterocycles. The van der Waals surface area contributed by atoms with E-state index >= 15 is 0 Å². The molecule has 0 radical (unpaired) electrons. The molecule has 2 rings (SSSR count). The van der Waals surface area contributed by atoms with Gasteiger partial charge in [0.05, 0.1) is 23.6 Å². The van der Waals surface area contributed by atoms with E-state index in [0.717, 1.165) is 6.26 Å². The van der Waals surface area contributed by atoms with Gasteiger partial charge in [-0.1, -0.05) is 17.7 Å². The highest BCUT2D eigenvalue weighted by molar-refractivity contribution is 7.90. The highest BCUT2D eigenvalue weighted by Gasteiger charge is 2.16. The summed E-state index contributed by atoms with van der Waals surface area (Å²) in [7, 11) is -1.91. The maximum Gasteiger partial charge on any atom is 0.255 e. The number of amides is 1. The van der Waals surface area contributed by atoms with Crippen LogP contribution >= 0.6 is 11.6 Å². The van der Waals surface area contributed by atoms with Crippen LogP contribution in [-0.2, 0) is 9.84 Å². The van der Waals surface area contributed by atoms with Crippen molar-refractivity contribution in [2.75, 3.05) is 25.3 Å². The van der Waals surface area contributed by atoms with E-state index in [9.17, 15) is 13.2 Å². The van der Waals surface area contributed by atoms with Gasteiger partial charge in [-0.3, -0.25) is 4.79 Å². The maximum absolute atomic E-state index is 12.4. The largest absolute Gasteiger partial charge is 0.493 e. The summed E-state index contributed by atoms with van der Waals surface area (Å²) in [5.41, 5.74) is 0.618. The molecule has 0 bridgehead atoms. The topological polar surface area (TPSA) is 81.7 Å². The van der Waals surface area contributed by atoms with Crippen molar-refractivity contribution in [3.63, 3.8) is 0 Å². The van der Waals surface area contributed by atoms with Crippen LogP contribution in [0.2, 0.25) is 5.02 Å². The Kier molecular flexibility index (Phi) is 5.92. The van der Waals surface area contributed by atoms with Crippen LogP contribution in [0.1, 0.15) is 17.3 Å². The molecule has 0 saturated carbocycles. The smallest absolute Gasteiger partial charge is 0.255 e. The molecule has 2 aromatic rings. The van der Waals surface area contributed by atoms with E-state index in [4.69, 9.17) is 21.1 Å². The van der Waals surface area contributed by atoms with Crippen molar-refractivity contribution >= 4 is 33.0 Å². The van der Waals surface area contributed by atoms with Crippen LogP contribution < -0.4 is 14.8 Å². The summed E-state index contributed by atoms with van der Waals surface area (Å²) in [5, 5.41) is 2.89. The lowest BCUT2D eigenvalue weighted by atomic mass is 10.1. The number of anilines is 1. The van der Waals surface area contributed by atoms with Gasteiger partial charge in [-0.15, -0.1) is 0 Å². The standard InChI is InChI=1S/C17H18ClNO5S/c1-4-24-16-14(18)8-11(9-15(16)23-2)17(20)19-12-6-5-7-13(10-12)25(3,21)22/h5-10H,4H2,1-3H3,(H,19,20). The van der Waals surface area contributed by atoms with Gasteiger partial charge in [-0.05, 0) is 37.3 Å². The van der Waals surface area contributed by atoms with E-state index in [1.807, 2.05) is 6.92 Å². The predicted molar refractivity (Wildman–Crippen MR) is 96.7 cm³/mol. The van der Waals surface area contributed by atoms with Crippen LogP contribution in [0.4, 0.5) is 5.69 Å². The normalized spacial score (nSPS) is 11.0. The van der Waals surface area contributed by atoms with Gasteiger partial charge in [0.1, 0.15) is 0 Å². The molecule has 0 unspecified atom stereocenters. The molecule has 25 heavy (non-hydrogen) atoms. The summed E-state index contributed by atoms with van der Waals surface area (Å²) in [6.45, 7) is 2.21. The Morgan fingerprint density at radius 1 is 1.24 bits per heavy atom. The van der Waals surface area contributed by atoms with Crippen LogP contribution in [-0.4, -0.2) is 34.3 Å². The molecule has 0 saturated heterocycles. The average molecular weight is 384 g/mol. The number of sulfone groups is 1. The predicted octanol–water partition coefficient (Wildman–Crippen LogP) is 3.40. The first-order valence-electron chi connectivity index (χ1n) is 7.38. The molecule has 0 aliphatic carbocycles. The van der Waals surface area contributed by atoms with Crippen LogP contribution in [0, 0.1) is 0 Å². The molecular formula is C17H18ClNO5S. The minimum Gasteiger partial charge on any atom is -0.493 e. The number of hydrogen-bond acceptors (Lipinski definition) is 5. The van der Waals surface area contributed by atoms with E-state index in [0.29, 0.717) is 23.8 Å². The molecular weight excluding hydrogens is 366 g/mol. The lowest BCUT2D eigenvalue weighted by Gasteiger charge is -2.13. The van der Waals surface area contributed by atoms with E-state index < -0.39 is 15.7 Å². The summed E-state index contributed by atoms with van der Waals surface area (Å²) in [4.78, 5) is 12.6.